The number of hydrogen-bond donors (Lipinski definition) is 0. The van der Waals surface area contributed by atoms with Crippen LogP contribution in [0.15, 0.2) is 164 Å². The summed E-state index contributed by atoms with van der Waals surface area (Å²) in [7, 11) is 0. The lowest BCUT2D eigenvalue weighted by molar-refractivity contribution is 0.590. The third-order valence-electron chi connectivity index (χ3n) is 15.6. The van der Waals surface area contributed by atoms with E-state index in [2.05, 4.69) is 282 Å². The molecule has 0 atom stereocenters. The first-order chi connectivity index (χ1) is 34.4. The zero-order valence-corrected chi connectivity index (χ0v) is 46.7. The quantitative estimate of drug-likeness (QED) is 0.159. The van der Waals surface area contributed by atoms with Crippen molar-refractivity contribution in [3.8, 4) is 11.1 Å². The monoisotopic (exact) mass is 974 g/mol. The molecular formula is C68H72BN3S. The molecule has 0 unspecified atom stereocenters. The van der Waals surface area contributed by atoms with Gasteiger partial charge in [0, 0.05) is 71.2 Å². The molecule has 0 saturated heterocycles. The molecule has 0 fully saturated rings. The maximum atomic E-state index is 2.69. The number of benzene rings is 8. The standard InChI is InChI=1S/C68H72BN3S/c1-64(2,3)43-20-29-48(30-21-43)70(49-31-22-44(23-32-49)65(4,5)6)52-41-55-61-58(39-37-54-53-18-16-17-19-60(53)73-63(54)61)72(51-35-26-46(27-36-51)67(10,11)12)69-56-40-47(68(13,14)15)28-38-57(56)71(59(42-52)62(55)69)50-33-24-45(25-34-50)66(7,8)9/h16-42H,1-15H3. The van der Waals surface area contributed by atoms with Gasteiger partial charge in [-0.3, -0.25) is 0 Å². The number of hydrogen-bond acceptors (Lipinski definition) is 4. The number of nitrogens with zero attached hydrogens (tertiary/aromatic N) is 3. The number of anilines is 8. The molecule has 9 aromatic rings. The second-order valence-corrected chi connectivity index (χ2v) is 27.1. The van der Waals surface area contributed by atoms with E-state index < -0.39 is 0 Å². The molecule has 368 valence electrons. The summed E-state index contributed by atoms with van der Waals surface area (Å²) in [6.07, 6.45) is 0. The highest BCUT2D eigenvalue weighted by molar-refractivity contribution is 7.26. The zero-order valence-electron chi connectivity index (χ0n) is 45.9. The highest BCUT2D eigenvalue weighted by Gasteiger charge is 2.47. The molecule has 5 heteroatoms. The maximum Gasteiger partial charge on any atom is 0.333 e. The SMILES string of the molecule is CC(C)(C)c1ccc(N2B3c4cc(C(C)(C)C)ccc4N(c4ccc(C(C)(C)C)cc4)c4cc(N(c5ccc(C(C)(C)C)cc5)c5ccc(C(C)(C)C)cc5)cc(c43)-c3c2ccc2c3sc3ccccc32)cc1. The van der Waals surface area contributed by atoms with Gasteiger partial charge >= 0.3 is 6.85 Å². The summed E-state index contributed by atoms with van der Waals surface area (Å²) in [5.74, 6) is 0. The molecule has 0 N–H and O–H groups in total. The van der Waals surface area contributed by atoms with E-state index >= 15 is 0 Å². The molecule has 0 amide bonds. The Labute approximate surface area is 440 Å². The summed E-state index contributed by atoms with van der Waals surface area (Å²) in [6.45, 7) is 34.6. The fraction of sp³-hybridized carbons (Fsp3) is 0.294. The van der Waals surface area contributed by atoms with Gasteiger partial charge in [0.2, 0.25) is 0 Å². The lowest BCUT2D eigenvalue weighted by Gasteiger charge is -2.46. The zero-order chi connectivity index (χ0) is 51.7. The molecule has 0 saturated carbocycles. The normalized spacial score (nSPS) is 13.9. The lowest BCUT2D eigenvalue weighted by atomic mass is 9.43. The van der Waals surface area contributed by atoms with Gasteiger partial charge in [0.05, 0.1) is 0 Å². The van der Waals surface area contributed by atoms with Crippen LogP contribution < -0.4 is 25.5 Å². The Morgan fingerprint density at radius 1 is 0.397 bits per heavy atom. The van der Waals surface area contributed by atoms with Crippen LogP contribution in [0.1, 0.15) is 132 Å². The van der Waals surface area contributed by atoms with Crippen LogP contribution in [-0.4, -0.2) is 6.85 Å². The van der Waals surface area contributed by atoms with Gasteiger partial charge in [0.1, 0.15) is 0 Å². The van der Waals surface area contributed by atoms with Crippen LogP contribution in [0.25, 0.3) is 31.3 Å². The number of rotatable bonds is 5. The lowest BCUT2D eigenvalue weighted by Crippen LogP contribution is -2.61. The summed E-state index contributed by atoms with van der Waals surface area (Å²) in [5, 5.41) is 2.60. The fourth-order valence-electron chi connectivity index (χ4n) is 11.3. The summed E-state index contributed by atoms with van der Waals surface area (Å²) < 4.78 is 2.62. The second-order valence-electron chi connectivity index (χ2n) is 26.0. The van der Waals surface area contributed by atoms with E-state index in [1.165, 1.54) is 92.8 Å². The third kappa shape index (κ3) is 8.46. The van der Waals surface area contributed by atoms with Crippen molar-refractivity contribution in [2.45, 2.75) is 131 Å². The van der Waals surface area contributed by atoms with Gasteiger partial charge in [-0.05, 0) is 150 Å². The van der Waals surface area contributed by atoms with Gasteiger partial charge in [-0.15, -0.1) is 11.3 Å². The van der Waals surface area contributed by atoms with E-state index in [0.29, 0.717) is 0 Å². The average molecular weight is 974 g/mol. The van der Waals surface area contributed by atoms with E-state index in [1.54, 1.807) is 0 Å². The van der Waals surface area contributed by atoms with E-state index in [9.17, 15) is 0 Å². The molecule has 0 radical (unpaired) electrons. The minimum atomic E-state index is -0.133. The van der Waals surface area contributed by atoms with Crippen molar-refractivity contribution < 1.29 is 0 Å². The molecule has 73 heavy (non-hydrogen) atoms. The van der Waals surface area contributed by atoms with Crippen molar-refractivity contribution in [2.24, 2.45) is 0 Å². The van der Waals surface area contributed by atoms with E-state index in [-0.39, 0.29) is 33.9 Å². The second kappa shape index (κ2) is 17.0. The van der Waals surface area contributed by atoms with Crippen molar-refractivity contribution in [2.75, 3.05) is 14.6 Å². The molecule has 0 aliphatic carbocycles. The van der Waals surface area contributed by atoms with Crippen molar-refractivity contribution in [1.29, 1.82) is 0 Å². The summed E-state index contributed by atoms with van der Waals surface area (Å²) >= 11 is 1.93. The number of thiophene rings is 1. The largest absolute Gasteiger partial charge is 0.376 e. The van der Waals surface area contributed by atoms with Crippen LogP contribution in [0.4, 0.5) is 45.5 Å². The summed E-state index contributed by atoms with van der Waals surface area (Å²) in [6, 6.07) is 63.7. The molecule has 11 rings (SSSR count). The van der Waals surface area contributed by atoms with Crippen LogP contribution >= 0.6 is 11.3 Å². The Hall–Kier alpha value is -6.56. The molecular weight excluding hydrogens is 902 g/mol. The van der Waals surface area contributed by atoms with Crippen LogP contribution in [0.2, 0.25) is 0 Å². The van der Waals surface area contributed by atoms with Crippen molar-refractivity contribution in [3.05, 3.63) is 192 Å². The predicted octanol–water partition coefficient (Wildman–Crippen LogP) is 18.7. The Morgan fingerprint density at radius 3 is 1.38 bits per heavy atom. The smallest absolute Gasteiger partial charge is 0.333 e. The van der Waals surface area contributed by atoms with E-state index in [1.807, 2.05) is 11.3 Å². The van der Waals surface area contributed by atoms with Crippen LogP contribution in [0, 0.1) is 0 Å². The maximum absolute atomic E-state index is 2.69. The van der Waals surface area contributed by atoms with Gasteiger partial charge < -0.3 is 14.6 Å². The molecule has 2 aliphatic heterocycles. The third-order valence-corrected chi connectivity index (χ3v) is 16.8. The molecule has 3 nitrogen and oxygen atoms in total. The summed E-state index contributed by atoms with van der Waals surface area (Å²) in [4.78, 5) is 7.79. The Balaban J connectivity index is 1.29. The van der Waals surface area contributed by atoms with Gasteiger partial charge in [0.25, 0.3) is 0 Å². The van der Waals surface area contributed by atoms with Crippen molar-refractivity contribution in [1.82, 2.24) is 0 Å². The van der Waals surface area contributed by atoms with Gasteiger partial charge in [-0.25, -0.2) is 0 Å². The Bertz CT molecular complexity index is 3510. The first kappa shape index (κ1) is 48.7. The van der Waals surface area contributed by atoms with E-state index in [4.69, 9.17) is 0 Å². The van der Waals surface area contributed by atoms with Gasteiger partial charge in [-0.2, -0.15) is 0 Å². The van der Waals surface area contributed by atoms with Crippen LogP contribution in [0.3, 0.4) is 0 Å². The molecule has 0 spiro atoms. The number of fused-ring (bicyclic) bond motifs is 8. The van der Waals surface area contributed by atoms with Gasteiger partial charge in [-0.1, -0.05) is 189 Å². The predicted molar refractivity (Wildman–Crippen MR) is 321 cm³/mol. The average Bonchev–Trinajstić information content (AvgIpc) is 3.72. The highest BCUT2D eigenvalue weighted by atomic mass is 32.1. The molecule has 1 aromatic heterocycles. The van der Waals surface area contributed by atoms with E-state index in [0.717, 1.165) is 22.7 Å². The Kier molecular flexibility index (Phi) is 11.3. The first-order valence-corrected chi connectivity index (χ1v) is 27.3. The Morgan fingerprint density at radius 2 is 0.863 bits per heavy atom. The molecule has 0 bridgehead atoms. The first-order valence-electron chi connectivity index (χ1n) is 26.4. The minimum absolute atomic E-state index is 0.0120. The van der Waals surface area contributed by atoms with Crippen molar-refractivity contribution in [3.63, 3.8) is 0 Å². The van der Waals surface area contributed by atoms with Crippen molar-refractivity contribution >= 4 is 94.8 Å². The summed E-state index contributed by atoms with van der Waals surface area (Å²) in [5.41, 5.74) is 21.2. The minimum Gasteiger partial charge on any atom is -0.376 e. The van der Waals surface area contributed by atoms with Gasteiger partial charge in [0.15, 0.2) is 0 Å². The van der Waals surface area contributed by atoms with Crippen LogP contribution in [-0.2, 0) is 27.1 Å². The van der Waals surface area contributed by atoms with Crippen LogP contribution in [0.5, 0.6) is 0 Å². The fourth-order valence-corrected chi connectivity index (χ4v) is 12.5. The topological polar surface area (TPSA) is 9.72 Å². The highest BCUT2D eigenvalue weighted by Crippen LogP contribution is 2.54. The molecule has 8 aromatic carbocycles. The molecule has 2 aliphatic rings. The molecule has 3 heterocycles.